The maximum absolute atomic E-state index is 5.75. The Balaban J connectivity index is 2.45. The quantitative estimate of drug-likeness (QED) is 0.529. The van der Waals surface area contributed by atoms with Crippen molar-refractivity contribution < 1.29 is 4.74 Å². The molecule has 0 unspecified atom stereocenters. The van der Waals surface area contributed by atoms with E-state index in [1.54, 1.807) is 7.05 Å². The van der Waals surface area contributed by atoms with Crippen LogP contribution in [0.1, 0.15) is 26.7 Å². The molecular weight excluding hydrogens is 178 g/mol. The van der Waals surface area contributed by atoms with Gasteiger partial charge >= 0.3 is 0 Å². The predicted molar refractivity (Wildman–Crippen MR) is 58.4 cm³/mol. The van der Waals surface area contributed by atoms with Gasteiger partial charge < -0.3 is 15.4 Å². The lowest BCUT2D eigenvalue weighted by Crippen LogP contribution is -2.48. The fourth-order valence-corrected chi connectivity index (χ4v) is 1.84. The second-order valence-electron chi connectivity index (χ2n) is 3.95. The van der Waals surface area contributed by atoms with Gasteiger partial charge in [-0.2, -0.15) is 0 Å². The van der Waals surface area contributed by atoms with Gasteiger partial charge in [-0.05, 0) is 26.7 Å². The van der Waals surface area contributed by atoms with Gasteiger partial charge in [-0.3, -0.25) is 4.99 Å². The molecule has 1 aliphatic rings. The van der Waals surface area contributed by atoms with Gasteiger partial charge in [0.2, 0.25) is 0 Å². The zero-order chi connectivity index (χ0) is 10.6. The maximum Gasteiger partial charge on any atom is 0.190 e. The van der Waals surface area contributed by atoms with Crippen molar-refractivity contribution in [2.45, 2.75) is 32.3 Å². The summed E-state index contributed by atoms with van der Waals surface area (Å²) in [6.07, 6.45) is 2.05. The SMILES string of the molecule is CCOC1(C)CCN(C(N)=NC)CC1. The zero-order valence-corrected chi connectivity index (χ0v) is 9.42. The fourth-order valence-electron chi connectivity index (χ4n) is 1.84. The molecule has 1 rings (SSSR count). The Bertz CT molecular complexity index is 207. The number of piperidine rings is 1. The van der Waals surface area contributed by atoms with Crippen molar-refractivity contribution in [3.63, 3.8) is 0 Å². The summed E-state index contributed by atoms with van der Waals surface area (Å²) in [5, 5.41) is 0. The molecule has 1 fully saturated rings. The average molecular weight is 199 g/mol. The molecule has 0 atom stereocenters. The zero-order valence-electron chi connectivity index (χ0n) is 9.42. The van der Waals surface area contributed by atoms with Crippen LogP contribution in [0.3, 0.4) is 0 Å². The van der Waals surface area contributed by atoms with Gasteiger partial charge in [0.1, 0.15) is 0 Å². The van der Waals surface area contributed by atoms with E-state index in [4.69, 9.17) is 10.5 Å². The largest absolute Gasteiger partial charge is 0.375 e. The first kappa shape index (κ1) is 11.3. The number of hydrogen-bond donors (Lipinski definition) is 1. The van der Waals surface area contributed by atoms with Crippen LogP contribution in [0.25, 0.3) is 0 Å². The van der Waals surface area contributed by atoms with Gasteiger partial charge in [-0.1, -0.05) is 0 Å². The molecule has 0 amide bonds. The van der Waals surface area contributed by atoms with E-state index < -0.39 is 0 Å². The van der Waals surface area contributed by atoms with Crippen LogP contribution in [-0.4, -0.2) is 43.2 Å². The molecule has 1 heterocycles. The molecule has 0 aromatic rings. The second-order valence-corrected chi connectivity index (χ2v) is 3.95. The summed E-state index contributed by atoms with van der Waals surface area (Å²) in [4.78, 5) is 6.10. The molecule has 0 radical (unpaired) electrons. The lowest BCUT2D eigenvalue weighted by Gasteiger charge is -2.39. The van der Waals surface area contributed by atoms with E-state index in [2.05, 4.69) is 16.8 Å². The summed E-state index contributed by atoms with van der Waals surface area (Å²) in [6, 6.07) is 0. The molecular formula is C10H21N3O. The maximum atomic E-state index is 5.75. The van der Waals surface area contributed by atoms with Gasteiger partial charge in [0.15, 0.2) is 5.96 Å². The van der Waals surface area contributed by atoms with Crippen molar-refractivity contribution in [1.29, 1.82) is 0 Å². The number of nitrogens with zero attached hydrogens (tertiary/aromatic N) is 2. The summed E-state index contributed by atoms with van der Waals surface area (Å²) in [7, 11) is 1.73. The molecule has 4 nitrogen and oxygen atoms in total. The molecule has 0 aliphatic carbocycles. The summed E-state index contributed by atoms with van der Waals surface area (Å²) in [6.45, 7) is 6.89. The van der Waals surface area contributed by atoms with Gasteiger partial charge in [0.25, 0.3) is 0 Å². The Hall–Kier alpha value is -0.770. The monoisotopic (exact) mass is 199 g/mol. The third kappa shape index (κ3) is 2.61. The molecule has 1 saturated heterocycles. The van der Waals surface area contributed by atoms with Crippen LogP contribution in [0.4, 0.5) is 0 Å². The summed E-state index contributed by atoms with van der Waals surface area (Å²) >= 11 is 0. The average Bonchev–Trinajstić information content (AvgIpc) is 2.18. The second kappa shape index (κ2) is 4.64. The Morgan fingerprint density at radius 1 is 1.50 bits per heavy atom. The van der Waals surface area contributed by atoms with Crippen LogP contribution in [0, 0.1) is 0 Å². The highest BCUT2D eigenvalue weighted by Gasteiger charge is 2.30. The van der Waals surface area contributed by atoms with Gasteiger partial charge in [0.05, 0.1) is 5.60 Å². The molecule has 0 aromatic carbocycles. The van der Waals surface area contributed by atoms with E-state index in [1.807, 2.05) is 6.92 Å². The van der Waals surface area contributed by atoms with Crippen LogP contribution in [-0.2, 0) is 4.74 Å². The van der Waals surface area contributed by atoms with Crippen molar-refractivity contribution in [3.8, 4) is 0 Å². The standard InChI is InChI=1S/C10H21N3O/c1-4-14-10(2)5-7-13(8-6-10)9(11)12-3/h4-8H2,1-3H3,(H2,11,12). The first-order valence-electron chi connectivity index (χ1n) is 5.22. The van der Waals surface area contributed by atoms with Crippen LogP contribution in [0.2, 0.25) is 0 Å². The minimum absolute atomic E-state index is 0.0409. The number of nitrogens with two attached hydrogens (primary N) is 1. The van der Waals surface area contributed by atoms with Crippen molar-refractivity contribution in [2.24, 2.45) is 10.7 Å². The van der Waals surface area contributed by atoms with Crippen LogP contribution in [0.5, 0.6) is 0 Å². The first-order valence-corrected chi connectivity index (χ1v) is 5.22. The van der Waals surface area contributed by atoms with Crippen LogP contribution >= 0.6 is 0 Å². The number of likely N-dealkylation sites (tertiary alicyclic amines) is 1. The molecule has 0 saturated carbocycles. The number of ether oxygens (including phenoxy) is 1. The Kier molecular flexibility index (Phi) is 3.75. The molecule has 0 aromatic heterocycles. The topological polar surface area (TPSA) is 50.9 Å². The van der Waals surface area contributed by atoms with Crippen LogP contribution in [0.15, 0.2) is 4.99 Å². The Morgan fingerprint density at radius 2 is 2.07 bits per heavy atom. The Morgan fingerprint density at radius 3 is 2.50 bits per heavy atom. The highest BCUT2D eigenvalue weighted by molar-refractivity contribution is 5.77. The van der Waals surface area contributed by atoms with E-state index >= 15 is 0 Å². The minimum Gasteiger partial charge on any atom is -0.375 e. The third-order valence-electron chi connectivity index (χ3n) is 2.87. The molecule has 2 N–H and O–H groups in total. The summed E-state index contributed by atoms with van der Waals surface area (Å²) in [5.74, 6) is 0.642. The smallest absolute Gasteiger partial charge is 0.190 e. The van der Waals surface area contributed by atoms with Crippen LogP contribution < -0.4 is 5.73 Å². The molecule has 0 bridgehead atoms. The first-order chi connectivity index (χ1) is 6.61. The molecule has 82 valence electrons. The molecule has 14 heavy (non-hydrogen) atoms. The number of rotatable bonds is 2. The van der Waals surface area contributed by atoms with E-state index in [9.17, 15) is 0 Å². The van der Waals surface area contributed by atoms with E-state index in [1.165, 1.54) is 0 Å². The lowest BCUT2D eigenvalue weighted by molar-refractivity contribution is -0.0571. The van der Waals surface area contributed by atoms with Gasteiger partial charge in [-0.15, -0.1) is 0 Å². The fraction of sp³-hybridized carbons (Fsp3) is 0.900. The predicted octanol–water partition coefficient (Wildman–Crippen LogP) is 0.822. The summed E-state index contributed by atoms with van der Waals surface area (Å²) in [5.41, 5.74) is 5.79. The summed E-state index contributed by atoms with van der Waals surface area (Å²) < 4.78 is 5.72. The normalized spacial score (nSPS) is 22.5. The highest BCUT2D eigenvalue weighted by atomic mass is 16.5. The van der Waals surface area contributed by atoms with Gasteiger partial charge in [0, 0.05) is 26.7 Å². The van der Waals surface area contributed by atoms with Crippen molar-refractivity contribution in [2.75, 3.05) is 26.7 Å². The third-order valence-corrected chi connectivity index (χ3v) is 2.87. The molecule has 4 heteroatoms. The van der Waals surface area contributed by atoms with Crippen molar-refractivity contribution >= 4 is 5.96 Å². The molecule has 1 aliphatic heterocycles. The molecule has 0 spiro atoms. The van der Waals surface area contributed by atoms with Crippen molar-refractivity contribution in [1.82, 2.24) is 4.90 Å². The minimum atomic E-state index is 0.0409. The van der Waals surface area contributed by atoms with Gasteiger partial charge in [-0.25, -0.2) is 0 Å². The highest BCUT2D eigenvalue weighted by Crippen LogP contribution is 2.25. The Labute approximate surface area is 86.1 Å². The van der Waals surface area contributed by atoms with E-state index in [0.717, 1.165) is 32.5 Å². The number of aliphatic imine (C=N–C) groups is 1. The lowest BCUT2D eigenvalue weighted by atomic mass is 9.93. The van der Waals surface area contributed by atoms with E-state index in [-0.39, 0.29) is 5.60 Å². The number of hydrogen-bond acceptors (Lipinski definition) is 2. The van der Waals surface area contributed by atoms with E-state index in [0.29, 0.717) is 5.96 Å². The number of guanidine groups is 1. The van der Waals surface area contributed by atoms with Crippen molar-refractivity contribution in [3.05, 3.63) is 0 Å².